The first-order valence-electron chi connectivity index (χ1n) is 11.1. The average Bonchev–Trinajstić information content (AvgIpc) is 2.85. The van der Waals surface area contributed by atoms with Crippen LogP contribution in [0.4, 0.5) is 17.2 Å². The summed E-state index contributed by atoms with van der Waals surface area (Å²) >= 11 is 0. The minimum atomic E-state index is -0.433. The molecule has 0 bridgehead atoms. The van der Waals surface area contributed by atoms with Crippen molar-refractivity contribution in [3.63, 3.8) is 0 Å². The first kappa shape index (κ1) is 22.6. The molecule has 1 fully saturated rings. The van der Waals surface area contributed by atoms with E-state index in [1.165, 1.54) is 0 Å². The van der Waals surface area contributed by atoms with Crippen molar-refractivity contribution in [2.24, 2.45) is 5.73 Å². The van der Waals surface area contributed by atoms with Gasteiger partial charge in [0.05, 0.1) is 48.7 Å². The molecule has 172 valence electrons. The summed E-state index contributed by atoms with van der Waals surface area (Å²) in [6, 6.07) is 10.00. The van der Waals surface area contributed by atoms with E-state index in [-0.39, 0.29) is 17.6 Å². The summed E-state index contributed by atoms with van der Waals surface area (Å²) in [5.41, 5.74) is 15.8. The SMILES string of the molecule is CCC1COCCN1c1ccncc1NC(=O)c1nc(-c2ccc(CCN)cc2)cnc1N. The van der Waals surface area contributed by atoms with E-state index in [9.17, 15) is 4.79 Å². The predicted octanol–water partition coefficient (Wildman–Crippen LogP) is 2.49. The molecule has 5 N–H and O–H groups in total. The van der Waals surface area contributed by atoms with Crippen LogP contribution in [0.5, 0.6) is 0 Å². The molecule has 0 spiro atoms. The van der Waals surface area contributed by atoms with Crippen LogP contribution in [0.25, 0.3) is 11.3 Å². The smallest absolute Gasteiger partial charge is 0.278 e. The lowest BCUT2D eigenvalue weighted by Crippen LogP contribution is -2.45. The molecule has 2 aromatic heterocycles. The number of anilines is 3. The number of morpholine rings is 1. The summed E-state index contributed by atoms with van der Waals surface area (Å²) in [5.74, 6) is -0.364. The Hall–Kier alpha value is -3.56. The molecule has 33 heavy (non-hydrogen) atoms. The number of hydrogen-bond acceptors (Lipinski definition) is 8. The zero-order valence-corrected chi connectivity index (χ0v) is 18.7. The van der Waals surface area contributed by atoms with E-state index < -0.39 is 5.91 Å². The lowest BCUT2D eigenvalue weighted by atomic mass is 10.1. The number of nitrogens with one attached hydrogen (secondary N) is 1. The molecule has 1 aliphatic heterocycles. The fraction of sp³-hybridized carbons (Fsp3) is 0.333. The molecule has 0 radical (unpaired) electrons. The normalized spacial score (nSPS) is 15.9. The molecule has 4 rings (SSSR count). The average molecular weight is 448 g/mol. The van der Waals surface area contributed by atoms with Gasteiger partial charge in [0.25, 0.3) is 5.91 Å². The van der Waals surface area contributed by atoms with Gasteiger partial charge in [0.1, 0.15) is 0 Å². The van der Waals surface area contributed by atoms with Crippen LogP contribution in [-0.2, 0) is 11.2 Å². The number of carbonyl (C=O) groups is 1. The number of nitrogens with two attached hydrogens (primary N) is 2. The molecule has 9 heteroatoms. The number of benzene rings is 1. The van der Waals surface area contributed by atoms with Crippen molar-refractivity contribution < 1.29 is 9.53 Å². The highest BCUT2D eigenvalue weighted by atomic mass is 16.5. The largest absolute Gasteiger partial charge is 0.382 e. The lowest BCUT2D eigenvalue weighted by Gasteiger charge is -2.37. The summed E-state index contributed by atoms with van der Waals surface area (Å²) < 4.78 is 5.62. The molecule has 1 unspecified atom stereocenters. The number of aromatic nitrogens is 3. The second-order valence-electron chi connectivity index (χ2n) is 7.90. The van der Waals surface area contributed by atoms with Crippen molar-refractivity contribution in [3.05, 3.63) is 60.2 Å². The zero-order chi connectivity index (χ0) is 23.2. The van der Waals surface area contributed by atoms with Gasteiger partial charge in [-0.25, -0.2) is 9.97 Å². The van der Waals surface area contributed by atoms with Gasteiger partial charge in [-0.3, -0.25) is 9.78 Å². The van der Waals surface area contributed by atoms with E-state index in [4.69, 9.17) is 16.2 Å². The van der Waals surface area contributed by atoms with Crippen molar-refractivity contribution in [2.45, 2.75) is 25.8 Å². The monoisotopic (exact) mass is 447 g/mol. The maximum absolute atomic E-state index is 13.2. The van der Waals surface area contributed by atoms with E-state index in [0.717, 1.165) is 36.2 Å². The Bertz CT molecular complexity index is 1100. The Balaban J connectivity index is 1.59. The molecule has 1 saturated heterocycles. The molecule has 9 nitrogen and oxygen atoms in total. The highest BCUT2D eigenvalue weighted by Gasteiger charge is 2.25. The van der Waals surface area contributed by atoms with E-state index in [2.05, 4.69) is 32.1 Å². The van der Waals surface area contributed by atoms with Crippen LogP contribution in [0.15, 0.2) is 48.9 Å². The van der Waals surface area contributed by atoms with Crippen molar-refractivity contribution in [1.29, 1.82) is 0 Å². The topological polar surface area (TPSA) is 132 Å². The molecule has 3 aromatic rings. The third-order valence-corrected chi connectivity index (χ3v) is 5.75. The van der Waals surface area contributed by atoms with Gasteiger partial charge in [-0.15, -0.1) is 0 Å². The molecule has 3 heterocycles. The summed E-state index contributed by atoms with van der Waals surface area (Å²) in [4.78, 5) is 28.3. The number of nitrogen functional groups attached to an aromatic ring is 1. The summed E-state index contributed by atoms with van der Waals surface area (Å²) in [5, 5.41) is 2.93. The van der Waals surface area contributed by atoms with Crippen LogP contribution in [0.1, 0.15) is 29.4 Å². The lowest BCUT2D eigenvalue weighted by molar-refractivity contribution is 0.0930. The molecular formula is C24H29N7O2. The third kappa shape index (κ3) is 5.10. The van der Waals surface area contributed by atoms with Crippen LogP contribution >= 0.6 is 0 Å². The fourth-order valence-corrected chi connectivity index (χ4v) is 3.94. The Kier molecular flexibility index (Phi) is 7.11. The Morgan fingerprint density at radius 1 is 1.24 bits per heavy atom. The summed E-state index contributed by atoms with van der Waals surface area (Å²) in [7, 11) is 0. The molecule has 1 aromatic carbocycles. The maximum atomic E-state index is 13.2. The van der Waals surface area contributed by atoms with Gasteiger partial charge in [0.2, 0.25) is 0 Å². The number of nitrogens with zero attached hydrogens (tertiary/aromatic N) is 4. The third-order valence-electron chi connectivity index (χ3n) is 5.75. The standard InChI is InChI=1S/C24H29N7O2/c1-2-18-15-33-12-11-31(18)21-8-10-27-13-20(21)30-24(32)22-23(26)28-14-19(29-22)17-5-3-16(4-6-17)7-9-25/h3-6,8,10,13-14,18H,2,7,9,11-12,15,25H2,1H3,(H2,26,28)(H,30,32). The molecule has 1 amide bonds. The quantitative estimate of drug-likeness (QED) is 0.503. The molecular weight excluding hydrogens is 418 g/mol. The van der Waals surface area contributed by atoms with Crippen LogP contribution in [0.2, 0.25) is 0 Å². The number of carbonyl (C=O) groups excluding carboxylic acids is 1. The number of rotatable bonds is 7. The Morgan fingerprint density at radius 3 is 2.82 bits per heavy atom. The molecule has 1 aliphatic rings. The van der Waals surface area contributed by atoms with Crippen molar-refractivity contribution in [1.82, 2.24) is 15.0 Å². The fourth-order valence-electron chi connectivity index (χ4n) is 3.94. The van der Waals surface area contributed by atoms with Gasteiger partial charge in [-0.1, -0.05) is 31.2 Å². The second-order valence-corrected chi connectivity index (χ2v) is 7.90. The molecule has 1 atom stereocenters. The number of hydrogen-bond donors (Lipinski definition) is 3. The van der Waals surface area contributed by atoms with Gasteiger partial charge in [0, 0.05) is 18.3 Å². The van der Waals surface area contributed by atoms with Crippen molar-refractivity contribution in [2.75, 3.05) is 42.3 Å². The van der Waals surface area contributed by atoms with Gasteiger partial charge >= 0.3 is 0 Å². The minimum Gasteiger partial charge on any atom is -0.382 e. The number of ether oxygens (including phenoxy) is 1. The second kappa shape index (κ2) is 10.4. The van der Waals surface area contributed by atoms with Crippen molar-refractivity contribution >= 4 is 23.1 Å². The first-order chi connectivity index (χ1) is 16.1. The van der Waals surface area contributed by atoms with Crippen LogP contribution in [0, 0.1) is 0 Å². The van der Waals surface area contributed by atoms with E-state index in [0.29, 0.717) is 31.1 Å². The first-order valence-corrected chi connectivity index (χ1v) is 11.1. The van der Waals surface area contributed by atoms with Gasteiger partial charge < -0.3 is 26.4 Å². The predicted molar refractivity (Wildman–Crippen MR) is 129 cm³/mol. The van der Waals surface area contributed by atoms with E-state index in [1.54, 1.807) is 18.6 Å². The van der Waals surface area contributed by atoms with Gasteiger partial charge in [0.15, 0.2) is 11.5 Å². The highest BCUT2D eigenvalue weighted by Crippen LogP contribution is 2.29. The number of amides is 1. The molecule has 0 aliphatic carbocycles. The van der Waals surface area contributed by atoms with Crippen LogP contribution in [-0.4, -0.2) is 53.2 Å². The van der Waals surface area contributed by atoms with E-state index in [1.807, 2.05) is 30.3 Å². The highest BCUT2D eigenvalue weighted by molar-refractivity contribution is 6.07. The Labute approximate surface area is 193 Å². The zero-order valence-electron chi connectivity index (χ0n) is 18.7. The summed E-state index contributed by atoms with van der Waals surface area (Å²) in [6.45, 7) is 4.73. The maximum Gasteiger partial charge on any atom is 0.278 e. The molecule has 0 saturated carbocycles. The Morgan fingerprint density at radius 2 is 2.06 bits per heavy atom. The van der Waals surface area contributed by atoms with Crippen LogP contribution in [0.3, 0.4) is 0 Å². The number of pyridine rings is 1. The van der Waals surface area contributed by atoms with Gasteiger partial charge in [-0.2, -0.15) is 0 Å². The van der Waals surface area contributed by atoms with Gasteiger partial charge in [-0.05, 0) is 31.0 Å². The van der Waals surface area contributed by atoms with Crippen LogP contribution < -0.4 is 21.7 Å². The minimum absolute atomic E-state index is 0.0687. The summed E-state index contributed by atoms with van der Waals surface area (Å²) in [6.07, 6.45) is 6.66. The van der Waals surface area contributed by atoms with E-state index >= 15 is 0 Å². The van der Waals surface area contributed by atoms with Crippen molar-refractivity contribution in [3.8, 4) is 11.3 Å².